The van der Waals surface area contributed by atoms with Gasteiger partial charge in [0.2, 0.25) is 5.91 Å². The molecule has 2 rings (SSSR count). The zero-order chi connectivity index (χ0) is 30.6. The second-order valence-electron chi connectivity index (χ2n) is 9.91. The predicted octanol–water partition coefficient (Wildman–Crippen LogP) is -0.0801. The minimum atomic E-state index is -0.0583. The quantitative estimate of drug-likeness (QED) is 0.0589. The van der Waals surface area contributed by atoms with Gasteiger partial charge in [-0.25, -0.2) is 4.79 Å². The highest BCUT2D eigenvalue weighted by Gasteiger charge is 2.42. The van der Waals surface area contributed by atoms with Gasteiger partial charge in [-0.3, -0.25) is 4.79 Å². The van der Waals surface area contributed by atoms with Gasteiger partial charge in [-0.1, -0.05) is 6.42 Å². The highest BCUT2D eigenvalue weighted by molar-refractivity contribution is 8.00. The normalized spacial score (nSPS) is 19.4. The maximum Gasteiger partial charge on any atom is 0.315 e. The molecule has 0 bridgehead atoms. The maximum atomic E-state index is 12.0. The van der Waals surface area contributed by atoms with Crippen LogP contribution < -0.4 is 21.7 Å². The number of hydrogen-bond acceptors (Lipinski definition) is 12. The molecule has 0 aromatic carbocycles. The Morgan fingerprint density at radius 1 is 0.698 bits per heavy atom. The van der Waals surface area contributed by atoms with Crippen LogP contribution in [0.25, 0.3) is 0 Å². The number of urea groups is 1. The van der Waals surface area contributed by atoms with Crippen LogP contribution in [0.3, 0.4) is 0 Å². The van der Waals surface area contributed by atoms with E-state index in [9.17, 15) is 9.59 Å². The zero-order valence-electron chi connectivity index (χ0n) is 25.6. The number of nitrogens with one attached hydrogen (secondary N) is 3. The summed E-state index contributed by atoms with van der Waals surface area (Å²) in [6.07, 6.45) is 3.35. The van der Waals surface area contributed by atoms with Crippen molar-refractivity contribution in [1.29, 1.82) is 0 Å². The van der Waals surface area contributed by atoms with Crippen LogP contribution >= 0.6 is 11.8 Å². The highest BCUT2D eigenvalue weighted by atomic mass is 32.2. The van der Waals surface area contributed by atoms with E-state index in [0.29, 0.717) is 130 Å². The number of carbonyl (C=O) groups excluding carboxylic acids is 2. The van der Waals surface area contributed by atoms with Crippen molar-refractivity contribution in [3.63, 3.8) is 0 Å². The molecule has 43 heavy (non-hydrogen) atoms. The molecule has 0 radical (unpaired) electrons. The van der Waals surface area contributed by atoms with Crippen LogP contribution in [0.5, 0.6) is 0 Å². The molecule has 0 aromatic heterocycles. The molecule has 3 atom stereocenters. The van der Waals surface area contributed by atoms with Crippen LogP contribution in [0.1, 0.15) is 25.7 Å². The van der Waals surface area contributed by atoms with E-state index < -0.39 is 0 Å². The molecule has 15 heteroatoms. The number of amides is 3. The number of ether oxygens (including phenoxy) is 8. The first-order valence-corrected chi connectivity index (χ1v) is 16.5. The summed E-state index contributed by atoms with van der Waals surface area (Å²) in [5.74, 6) is 1.01. The molecule has 0 aromatic rings. The van der Waals surface area contributed by atoms with Crippen molar-refractivity contribution >= 4 is 23.7 Å². The Labute approximate surface area is 260 Å². The lowest BCUT2D eigenvalue weighted by Crippen LogP contribution is -2.36. The first-order chi connectivity index (χ1) is 21.2. The molecule has 2 heterocycles. The molecule has 0 saturated carbocycles. The zero-order valence-corrected chi connectivity index (χ0v) is 26.4. The Morgan fingerprint density at radius 2 is 1.16 bits per heavy atom. The van der Waals surface area contributed by atoms with Crippen molar-refractivity contribution in [3.05, 3.63) is 0 Å². The Hall–Kier alpha value is -1.27. The predicted molar refractivity (Wildman–Crippen MR) is 163 cm³/mol. The van der Waals surface area contributed by atoms with Gasteiger partial charge >= 0.3 is 6.03 Å². The third kappa shape index (κ3) is 20.4. The van der Waals surface area contributed by atoms with E-state index in [4.69, 9.17) is 43.6 Å². The topological polar surface area (TPSA) is 170 Å². The first-order valence-electron chi connectivity index (χ1n) is 15.5. The van der Waals surface area contributed by atoms with Crippen molar-refractivity contribution in [2.45, 2.75) is 43.0 Å². The number of hydrogen-bond donors (Lipinski definition) is 4. The summed E-state index contributed by atoms with van der Waals surface area (Å²) in [4.78, 5) is 23.4. The summed E-state index contributed by atoms with van der Waals surface area (Å²) >= 11 is 1.90. The molecule has 252 valence electrons. The van der Waals surface area contributed by atoms with Crippen LogP contribution in [-0.2, 0) is 42.7 Å². The van der Waals surface area contributed by atoms with Crippen LogP contribution in [0, 0.1) is 0 Å². The Morgan fingerprint density at radius 3 is 1.65 bits per heavy atom. The molecule has 3 amide bonds. The number of nitrogens with two attached hydrogens (primary N) is 1. The van der Waals surface area contributed by atoms with E-state index in [2.05, 4.69) is 16.0 Å². The number of thioether (sulfide) groups is 1. The molecule has 0 aliphatic carbocycles. The van der Waals surface area contributed by atoms with Crippen molar-refractivity contribution in [2.24, 2.45) is 5.73 Å². The lowest BCUT2D eigenvalue weighted by molar-refractivity contribution is -0.121. The highest BCUT2D eigenvalue weighted by Crippen LogP contribution is 2.33. The SMILES string of the molecule is NCCOCCOCCOCCOCCOCCOCCOCCOCCNC(=O)CCCCC1SCC2NC(=O)NC21. The summed E-state index contributed by atoms with van der Waals surface area (Å²) in [6.45, 7) is 9.11. The second-order valence-corrected chi connectivity index (χ2v) is 11.2. The van der Waals surface area contributed by atoms with Gasteiger partial charge in [-0.05, 0) is 12.8 Å². The minimum absolute atomic E-state index is 0.0467. The fourth-order valence-corrected chi connectivity index (χ4v) is 5.89. The summed E-state index contributed by atoms with van der Waals surface area (Å²) < 4.78 is 43.3. The number of fused-ring (bicyclic) bond motifs is 1. The third-order valence-electron chi connectivity index (χ3n) is 6.52. The summed E-state index contributed by atoms with van der Waals surface area (Å²) in [6, 6.07) is 0.418. The molecule has 5 N–H and O–H groups in total. The summed E-state index contributed by atoms with van der Waals surface area (Å²) in [5, 5.41) is 9.28. The van der Waals surface area contributed by atoms with Gasteiger partial charge < -0.3 is 59.6 Å². The Balaban J connectivity index is 1.19. The largest absolute Gasteiger partial charge is 0.378 e. The van der Waals surface area contributed by atoms with Crippen molar-refractivity contribution < 1.29 is 47.5 Å². The monoisotopic (exact) mass is 638 g/mol. The van der Waals surface area contributed by atoms with Crippen molar-refractivity contribution in [2.75, 3.05) is 125 Å². The standard InChI is InChI=1S/C28H54N4O10S/c29-5-7-35-9-11-37-13-15-39-17-19-41-21-22-42-20-18-40-16-14-38-12-10-36-8-6-30-26(33)4-2-1-3-25-27-24(23-43-25)31-28(34)32-27/h24-25,27H,1-23,29H2,(H,30,33)(H2,31,32,34). The average molecular weight is 639 g/mol. The van der Waals surface area contributed by atoms with Crippen LogP contribution in [0.4, 0.5) is 4.79 Å². The van der Waals surface area contributed by atoms with Gasteiger partial charge in [0, 0.05) is 30.5 Å². The van der Waals surface area contributed by atoms with E-state index in [1.165, 1.54) is 0 Å². The molecule has 2 fully saturated rings. The Bertz CT molecular complexity index is 700. The molecule has 3 unspecified atom stereocenters. The molecular weight excluding hydrogens is 584 g/mol. The lowest BCUT2D eigenvalue weighted by atomic mass is 10.0. The number of carbonyl (C=O) groups is 2. The fourth-order valence-electron chi connectivity index (χ4n) is 4.35. The number of rotatable bonds is 31. The van der Waals surface area contributed by atoms with Gasteiger partial charge in [0.05, 0.1) is 118 Å². The third-order valence-corrected chi connectivity index (χ3v) is 8.02. The molecule has 2 aliphatic heterocycles. The smallest absolute Gasteiger partial charge is 0.315 e. The van der Waals surface area contributed by atoms with Gasteiger partial charge in [-0.2, -0.15) is 11.8 Å². The molecule has 14 nitrogen and oxygen atoms in total. The van der Waals surface area contributed by atoms with E-state index in [1.807, 2.05) is 11.8 Å². The fraction of sp³-hybridized carbons (Fsp3) is 0.929. The van der Waals surface area contributed by atoms with Gasteiger partial charge in [0.1, 0.15) is 0 Å². The van der Waals surface area contributed by atoms with Crippen LogP contribution in [0.15, 0.2) is 0 Å². The second kappa shape index (κ2) is 27.1. The van der Waals surface area contributed by atoms with Gasteiger partial charge in [0.25, 0.3) is 0 Å². The molecular formula is C28H54N4O10S. The van der Waals surface area contributed by atoms with E-state index in [0.717, 1.165) is 25.0 Å². The molecule has 0 spiro atoms. The summed E-state index contributed by atoms with van der Waals surface area (Å²) in [5.41, 5.74) is 5.33. The lowest BCUT2D eigenvalue weighted by Gasteiger charge is -2.16. The van der Waals surface area contributed by atoms with Crippen molar-refractivity contribution in [3.8, 4) is 0 Å². The van der Waals surface area contributed by atoms with E-state index in [-0.39, 0.29) is 24.0 Å². The van der Waals surface area contributed by atoms with Gasteiger partial charge in [0.15, 0.2) is 0 Å². The average Bonchev–Trinajstić information content (AvgIpc) is 3.56. The minimum Gasteiger partial charge on any atom is -0.378 e. The molecule has 2 saturated heterocycles. The summed E-state index contributed by atoms with van der Waals surface area (Å²) in [7, 11) is 0. The molecule has 2 aliphatic rings. The maximum absolute atomic E-state index is 12.0. The van der Waals surface area contributed by atoms with Gasteiger partial charge in [-0.15, -0.1) is 0 Å². The van der Waals surface area contributed by atoms with Crippen LogP contribution in [0.2, 0.25) is 0 Å². The van der Waals surface area contributed by atoms with Crippen molar-refractivity contribution in [1.82, 2.24) is 16.0 Å². The van der Waals surface area contributed by atoms with Crippen LogP contribution in [-0.4, -0.2) is 154 Å². The van der Waals surface area contributed by atoms with E-state index in [1.54, 1.807) is 0 Å². The van der Waals surface area contributed by atoms with E-state index >= 15 is 0 Å². The first kappa shape index (κ1) is 37.9. The Kier molecular flexibility index (Phi) is 23.9. The number of unbranched alkanes of at least 4 members (excludes halogenated alkanes) is 1.